The number of carbonyl (C=O) groups is 1. The van der Waals surface area contributed by atoms with Gasteiger partial charge < -0.3 is 14.5 Å². The summed E-state index contributed by atoms with van der Waals surface area (Å²) in [5.74, 6) is 0. The Kier molecular flexibility index (Phi) is 5.64. The van der Waals surface area contributed by atoms with Crippen LogP contribution in [0.25, 0.3) is 0 Å². The van der Waals surface area contributed by atoms with E-state index < -0.39 is 16.7 Å². The van der Waals surface area contributed by atoms with Gasteiger partial charge in [-0.15, -0.1) is 0 Å². The maximum Gasteiger partial charge on any atom is 0.410 e. The summed E-state index contributed by atoms with van der Waals surface area (Å²) < 4.78 is 22.3. The first kappa shape index (κ1) is 17.7. The standard InChI is InChI=1S/C16H24N2O4S/c1-16(2,3)22-15(19)18-11-9-17(10-12-18)13-7-5-6-8-14(13)23(20)21-4/h5-8H,9-12H2,1-4H3. The van der Waals surface area contributed by atoms with E-state index in [1.54, 1.807) is 11.0 Å². The van der Waals surface area contributed by atoms with Crippen LogP contribution in [0.2, 0.25) is 0 Å². The summed E-state index contributed by atoms with van der Waals surface area (Å²) in [4.78, 5) is 16.6. The molecular formula is C16H24N2O4S. The fourth-order valence-electron chi connectivity index (χ4n) is 2.41. The molecule has 0 saturated carbocycles. The molecule has 128 valence electrons. The predicted molar refractivity (Wildman–Crippen MR) is 89.9 cm³/mol. The van der Waals surface area contributed by atoms with Gasteiger partial charge in [0.25, 0.3) is 0 Å². The van der Waals surface area contributed by atoms with Crippen LogP contribution in [0, 0.1) is 0 Å². The highest BCUT2D eigenvalue weighted by molar-refractivity contribution is 7.80. The van der Waals surface area contributed by atoms with Crippen molar-refractivity contribution in [1.82, 2.24) is 4.90 Å². The molecule has 23 heavy (non-hydrogen) atoms. The Bertz CT molecular complexity index is 578. The van der Waals surface area contributed by atoms with Gasteiger partial charge in [-0.25, -0.2) is 9.00 Å². The molecule has 6 nitrogen and oxygen atoms in total. The van der Waals surface area contributed by atoms with Crippen LogP contribution in [-0.4, -0.2) is 54.1 Å². The molecule has 0 radical (unpaired) electrons. The molecule has 0 aromatic heterocycles. The SMILES string of the molecule is COS(=O)c1ccccc1N1CCN(C(=O)OC(C)(C)C)CC1. The van der Waals surface area contributed by atoms with Crippen molar-refractivity contribution in [3.8, 4) is 0 Å². The Morgan fingerprint density at radius 2 is 1.74 bits per heavy atom. The Morgan fingerprint density at radius 1 is 1.13 bits per heavy atom. The van der Waals surface area contributed by atoms with Gasteiger partial charge in [-0.2, -0.15) is 0 Å². The molecule has 0 spiro atoms. The predicted octanol–water partition coefficient (Wildman–Crippen LogP) is 2.41. The zero-order chi connectivity index (χ0) is 17.0. The Balaban J connectivity index is 2.03. The van der Waals surface area contributed by atoms with E-state index in [1.165, 1.54) is 7.11 Å². The van der Waals surface area contributed by atoms with Crippen LogP contribution in [0.15, 0.2) is 29.2 Å². The summed E-state index contributed by atoms with van der Waals surface area (Å²) in [6.07, 6.45) is -0.286. The highest BCUT2D eigenvalue weighted by atomic mass is 32.2. The van der Waals surface area contributed by atoms with Gasteiger partial charge >= 0.3 is 6.09 Å². The largest absolute Gasteiger partial charge is 0.444 e. The number of anilines is 1. The maximum atomic E-state index is 12.1. The van der Waals surface area contributed by atoms with Gasteiger partial charge in [0, 0.05) is 26.2 Å². The molecule has 1 aliphatic rings. The number of benzene rings is 1. The lowest BCUT2D eigenvalue weighted by Crippen LogP contribution is -2.50. The van der Waals surface area contributed by atoms with E-state index in [0.717, 1.165) is 5.69 Å². The van der Waals surface area contributed by atoms with Gasteiger partial charge in [0.05, 0.1) is 17.7 Å². The minimum Gasteiger partial charge on any atom is -0.444 e. The van der Waals surface area contributed by atoms with Crippen molar-refractivity contribution in [2.45, 2.75) is 31.3 Å². The van der Waals surface area contributed by atoms with E-state index in [4.69, 9.17) is 8.92 Å². The molecule has 1 aromatic rings. The molecule has 1 aromatic carbocycles. The van der Waals surface area contributed by atoms with Crippen LogP contribution >= 0.6 is 0 Å². The number of carbonyl (C=O) groups excluding carboxylic acids is 1. The second-order valence-electron chi connectivity index (χ2n) is 6.32. The van der Waals surface area contributed by atoms with Gasteiger partial charge in [-0.1, -0.05) is 12.1 Å². The van der Waals surface area contributed by atoms with Crippen LogP contribution < -0.4 is 4.90 Å². The number of para-hydroxylation sites is 1. The van der Waals surface area contributed by atoms with E-state index in [1.807, 2.05) is 39.0 Å². The molecule has 1 heterocycles. The lowest BCUT2D eigenvalue weighted by molar-refractivity contribution is 0.0240. The topological polar surface area (TPSA) is 59.1 Å². The zero-order valence-corrected chi connectivity index (χ0v) is 14.9. The summed E-state index contributed by atoms with van der Waals surface area (Å²) in [5.41, 5.74) is 0.396. The summed E-state index contributed by atoms with van der Waals surface area (Å²) in [7, 11) is 1.42. The average Bonchev–Trinajstić information content (AvgIpc) is 2.52. The smallest absolute Gasteiger partial charge is 0.410 e. The summed E-state index contributed by atoms with van der Waals surface area (Å²) in [6.45, 7) is 8.05. The highest BCUT2D eigenvalue weighted by Crippen LogP contribution is 2.25. The quantitative estimate of drug-likeness (QED) is 0.846. The van der Waals surface area contributed by atoms with Crippen LogP contribution in [-0.2, 0) is 20.0 Å². The molecule has 1 aliphatic heterocycles. The third-order valence-electron chi connectivity index (χ3n) is 3.47. The van der Waals surface area contributed by atoms with Crippen LogP contribution in [0.4, 0.5) is 10.5 Å². The number of amides is 1. The third-order valence-corrected chi connectivity index (χ3v) is 4.48. The van der Waals surface area contributed by atoms with E-state index in [0.29, 0.717) is 31.1 Å². The molecule has 0 N–H and O–H groups in total. The molecule has 7 heteroatoms. The molecular weight excluding hydrogens is 316 g/mol. The first-order valence-corrected chi connectivity index (χ1v) is 8.67. The Hall–Kier alpha value is -1.60. The van der Waals surface area contributed by atoms with Gasteiger partial charge in [-0.3, -0.25) is 4.18 Å². The maximum absolute atomic E-state index is 12.1. The van der Waals surface area contributed by atoms with Crippen LogP contribution in [0.3, 0.4) is 0 Å². The second kappa shape index (κ2) is 7.31. The molecule has 1 unspecified atom stereocenters. The van der Waals surface area contributed by atoms with Crippen molar-refractivity contribution in [3.63, 3.8) is 0 Å². The number of piperazine rings is 1. The number of hydrogen-bond acceptors (Lipinski definition) is 5. The lowest BCUT2D eigenvalue weighted by atomic mass is 10.2. The lowest BCUT2D eigenvalue weighted by Gasteiger charge is -2.37. The van der Waals surface area contributed by atoms with Crippen LogP contribution in [0.5, 0.6) is 0 Å². The first-order chi connectivity index (χ1) is 10.8. The van der Waals surface area contributed by atoms with Crippen molar-refractivity contribution in [3.05, 3.63) is 24.3 Å². The monoisotopic (exact) mass is 340 g/mol. The van der Waals surface area contributed by atoms with Crippen molar-refractivity contribution < 1.29 is 17.9 Å². The molecule has 0 bridgehead atoms. The number of ether oxygens (including phenoxy) is 1. The number of hydrogen-bond donors (Lipinski definition) is 0. The highest BCUT2D eigenvalue weighted by Gasteiger charge is 2.27. The first-order valence-electron chi connectivity index (χ1n) is 7.60. The molecule has 0 aliphatic carbocycles. The minimum atomic E-state index is -1.48. The fourth-order valence-corrected chi connectivity index (χ4v) is 3.14. The van der Waals surface area contributed by atoms with Gasteiger partial charge in [0.2, 0.25) is 0 Å². The molecule has 1 atom stereocenters. The zero-order valence-electron chi connectivity index (χ0n) is 14.1. The van der Waals surface area contributed by atoms with E-state index in [2.05, 4.69) is 4.90 Å². The normalized spacial score (nSPS) is 17.0. The summed E-state index contributed by atoms with van der Waals surface area (Å²) in [5, 5.41) is 0. The van der Waals surface area contributed by atoms with Crippen molar-refractivity contribution >= 4 is 22.9 Å². The van der Waals surface area contributed by atoms with Gasteiger partial charge in [0.15, 0.2) is 11.1 Å². The van der Waals surface area contributed by atoms with Gasteiger partial charge in [-0.05, 0) is 32.9 Å². The summed E-state index contributed by atoms with van der Waals surface area (Å²) >= 11 is -1.48. The molecule has 1 fully saturated rings. The Labute approximate surface area is 140 Å². The van der Waals surface area contributed by atoms with Crippen molar-refractivity contribution in [2.24, 2.45) is 0 Å². The van der Waals surface area contributed by atoms with Crippen LogP contribution in [0.1, 0.15) is 20.8 Å². The fraction of sp³-hybridized carbons (Fsp3) is 0.562. The number of nitrogens with zero attached hydrogens (tertiary/aromatic N) is 2. The average molecular weight is 340 g/mol. The molecule has 1 saturated heterocycles. The number of rotatable bonds is 3. The van der Waals surface area contributed by atoms with Crippen molar-refractivity contribution in [2.75, 3.05) is 38.2 Å². The second-order valence-corrected chi connectivity index (χ2v) is 7.57. The molecule has 2 rings (SSSR count). The van der Waals surface area contributed by atoms with Crippen molar-refractivity contribution in [1.29, 1.82) is 0 Å². The van der Waals surface area contributed by atoms with E-state index in [-0.39, 0.29) is 6.09 Å². The van der Waals surface area contributed by atoms with Gasteiger partial charge in [0.1, 0.15) is 5.60 Å². The third kappa shape index (κ3) is 4.68. The summed E-state index contributed by atoms with van der Waals surface area (Å²) in [6, 6.07) is 7.48. The Morgan fingerprint density at radius 3 is 2.30 bits per heavy atom. The molecule has 1 amide bonds. The van der Waals surface area contributed by atoms with E-state index in [9.17, 15) is 9.00 Å². The van der Waals surface area contributed by atoms with E-state index >= 15 is 0 Å². The minimum absolute atomic E-state index is 0.286.